The highest BCUT2D eigenvalue weighted by molar-refractivity contribution is 5.92. The molecule has 4 bridgehead atoms. The molecule has 0 radical (unpaired) electrons. The molecule has 45 heavy (non-hydrogen) atoms. The van der Waals surface area contributed by atoms with E-state index >= 15 is 0 Å². The highest BCUT2D eigenvalue weighted by atomic mass is 16.5. The smallest absolute Gasteiger partial charge is 0.270 e. The molecule has 0 unspecified atom stereocenters. The number of nitrogens with zero attached hydrogens (tertiary/aromatic N) is 4. The fraction of sp³-hybridized carbons (Fsp3) is 0.771. The van der Waals surface area contributed by atoms with Gasteiger partial charge in [0.2, 0.25) is 17.7 Å². The first-order chi connectivity index (χ1) is 22.0. The molecule has 1 N–H and O–H groups in total. The lowest BCUT2D eigenvalue weighted by atomic mass is 9.78. The number of aromatic nitrogens is 1. The Bertz CT molecular complexity index is 1150. The lowest BCUT2D eigenvalue weighted by Gasteiger charge is -2.42. The van der Waals surface area contributed by atoms with Crippen LogP contribution in [-0.2, 0) is 14.3 Å². The SMILES string of the molecule is O=C1NCC[C@H]2CN(CC3CCCCC3)CC[C@H]2CC(=O)N2CC[C@@H](CC(=O)N3CCOCC3)[C@@H](CCOc3cccc1n3)C2. The highest BCUT2D eigenvalue weighted by Gasteiger charge is 2.37. The summed E-state index contributed by atoms with van der Waals surface area (Å²) in [5, 5.41) is 3.10. The van der Waals surface area contributed by atoms with Gasteiger partial charge in [0.25, 0.3) is 5.91 Å². The number of carbonyl (C=O) groups is 3. The van der Waals surface area contributed by atoms with Crippen LogP contribution >= 0.6 is 0 Å². The van der Waals surface area contributed by atoms with Gasteiger partial charge in [0, 0.05) is 64.7 Å². The summed E-state index contributed by atoms with van der Waals surface area (Å²) in [5.74, 6) is 2.53. The number of carbonyl (C=O) groups excluding carboxylic acids is 3. The van der Waals surface area contributed by atoms with Gasteiger partial charge < -0.3 is 29.5 Å². The number of hydrogen-bond acceptors (Lipinski definition) is 7. The van der Waals surface area contributed by atoms with Crippen LogP contribution in [-0.4, -0.2) is 110 Å². The van der Waals surface area contributed by atoms with Crippen molar-refractivity contribution >= 4 is 17.7 Å². The number of piperidine rings is 2. The minimum Gasteiger partial charge on any atom is -0.478 e. The number of rotatable bonds is 4. The Morgan fingerprint density at radius 2 is 1.71 bits per heavy atom. The highest BCUT2D eigenvalue weighted by Crippen LogP contribution is 2.35. The van der Waals surface area contributed by atoms with Gasteiger partial charge in [-0.15, -0.1) is 0 Å². The van der Waals surface area contributed by atoms with Gasteiger partial charge in [0.15, 0.2) is 0 Å². The molecule has 1 aromatic rings. The molecule has 4 fully saturated rings. The second-order valence-electron chi connectivity index (χ2n) is 14.2. The number of pyridine rings is 1. The third-order valence-corrected chi connectivity index (χ3v) is 11.2. The summed E-state index contributed by atoms with van der Waals surface area (Å²) in [6.07, 6.45) is 11.3. The van der Waals surface area contributed by atoms with Crippen LogP contribution in [0.3, 0.4) is 0 Å². The molecule has 6 rings (SSSR count). The van der Waals surface area contributed by atoms with E-state index in [1.54, 1.807) is 12.1 Å². The van der Waals surface area contributed by atoms with E-state index in [1.807, 2.05) is 11.0 Å². The van der Waals surface area contributed by atoms with E-state index in [9.17, 15) is 14.4 Å². The van der Waals surface area contributed by atoms with Crippen LogP contribution in [0.1, 0.15) is 81.1 Å². The Morgan fingerprint density at radius 1 is 0.867 bits per heavy atom. The predicted octanol–water partition coefficient (Wildman–Crippen LogP) is 3.61. The lowest BCUT2D eigenvalue weighted by molar-refractivity contribution is -0.139. The summed E-state index contributed by atoms with van der Waals surface area (Å²) in [5.41, 5.74) is 0.365. The molecule has 248 valence electrons. The van der Waals surface area contributed by atoms with Crippen molar-refractivity contribution in [2.75, 3.05) is 72.2 Å². The molecule has 3 saturated heterocycles. The predicted molar refractivity (Wildman–Crippen MR) is 171 cm³/mol. The van der Waals surface area contributed by atoms with E-state index in [-0.39, 0.29) is 29.6 Å². The van der Waals surface area contributed by atoms with Gasteiger partial charge in [-0.05, 0) is 80.7 Å². The van der Waals surface area contributed by atoms with Crippen LogP contribution < -0.4 is 10.1 Å². The van der Waals surface area contributed by atoms with Gasteiger partial charge >= 0.3 is 0 Å². The fourth-order valence-electron chi connectivity index (χ4n) is 8.47. The number of nitrogens with one attached hydrogen (secondary N) is 1. The molecule has 10 nitrogen and oxygen atoms in total. The zero-order valence-electron chi connectivity index (χ0n) is 27.0. The monoisotopic (exact) mass is 623 g/mol. The summed E-state index contributed by atoms with van der Waals surface area (Å²) < 4.78 is 11.5. The molecule has 4 atom stereocenters. The number of morpholine rings is 1. The Kier molecular flexibility index (Phi) is 11.3. The van der Waals surface area contributed by atoms with Gasteiger partial charge in [-0.2, -0.15) is 0 Å². The first kappa shape index (κ1) is 32.2. The van der Waals surface area contributed by atoms with Gasteiger partial charge in [-0.1, -0.05) is 25.3 Å². The van der Waals surface area contributed by atoms with Gasteiger partial charge in [0.05, 0.1) is 19.8 Å². The third-order valence-electron chi connectivity index (χ3n) is 11.2. The molecule has 1 aromatic heterocycles. The minimum atomic E-state index is -0.184. The summed E-state index contributed by atoms with van der Waals surface area (Å²) in [7, 11) is 0. The minimum absolute atomic E-state index is 0.169. The van der Waals surface area contributed by atoms with Crippen molar-refractivity contribution in [3.63, 3.8) is 0 Å². The first-order valence-corrected chi connectivity index (χ1v) is 17.8. The summed E-state index contributed by atoms with van der Waals surface area (Å²) >= 11 is 0. The molecular weight excluding hydrogens is 570 g/mol. The average molecular weight is 624 g/mol. The van der Waals surface area contributed by atoms with E-state index < -0.39 is 0 Å². The average Bonchev–Trinajstić information content (AvgIpc) is 3.07. The maximum Gasteiger partial charge on any atom is 0.270 e. The van der Waals surface area contributed by atoms with Gasteiger partial charge in [-0.25, -0.2) is 4.98 Å². The summed E-state index contributed by atoms with van der Waals surface area (Å²) in [6, 6.07) is 5.34. The molecule has 3 amide bonds. The van der Waals surface area contributed by atoms with E-state index in [0.717, 1.165) is 44.7 Å². The molecule has 0 spiro atoms. The Morgan fingerprint density at radius 3 is 2.56 bits per heavy atom. The molecule has 1 saturated carbocycles. The van der Waals surface area contributed by atoms with Crippen molar-refractivity contribution in [1.29, 1.82) is 0 Å². The van der Waals surface area contributed by atoms with Crippen molar-refractivity contribution in [2.24, 2.45) is 29.6 Å². The molecule has 1 aliphatic carbocycles. The maximum atomic E-state index is 13.9. The second kappa shape index (κ2) is 15.7. The van der Waals surface area contributed by atoms with Crippen molar-refractivity contribution in [2.45, 2.75) is 70.6 Å². The van der Waals surface area contributed by atoms with Crippen LogP contribution in [0.25, 0.3) is 0 Å². The van der Waals surface area contributed by atoms with E-state index in [0.29, 0.717) is 88.8 Å². The summed E-state index contributed by atoms with van der Waals surface area (Å²) in [6.45, 7) is 8.10. The number of amides is 3. The molecule has 0 aromatic carbocycles. The van der Waals surface area contributed by atoms with E-state index in [1.165, 1.54) is 38.6 Å². The molecule has 4 aliphatic heterocycles. The zero-order valence-corrected chi connectivity index (χ0v) is 27.0. The Balaban J connectivity index is 1.16. The van der Waals surface area contributed by atoms with Crippen molar-refractivity contribution in [1.82, 2.24) is 25.0 Å². The quantitative estimate of drug-likeness (QED) is 0.547. The van der Waals surface area contributed by atoms with Crippen LogP contribution in [0.15, 0.2) is 18.2 Å². The molecule has 5 heterocycles. The van der Waals surface area contributed by atoms with Crippen LogP contribution in [0.5, 0.6) is 5.88 Å². The fourth-order valence-corrected chi connectivity index (χ4v) is 8.47. The standard InChI is InChI=1S/C35H53N5O5/c41-33(39-16-19-44-20-17-39)21-28-11-15-40-25-30(28)12-18-45-32-8-4-7-31(37-32)35(43)36-13-9-29-24-38(14-10-27(29)22-34(40)42)23-26-5-2-1-3-6-26/h4,7-8,26-30H,1-3,5-6,9-25H2,(H,36,43)/t27-,28-,29-,30-/m0/s1. The number of ether oxygens (including phenoxy) is 2. The molecule has 10 heteroatoms. The van der Waals surface area contributed by atoms with E-state index in [2.05, 4.69) is 20.1 Å². The maximum absolute atomic E-state index is 13.9. The zero-order chi connectivity index (χ0) is 31.0. The summed E-state index contributed by atoms with van der Waals surface area (Å²) in [4.78, 5) is 51.3. The molecule has 5 aliphatic rings. The first-order valence-electron chi connectivity index (χ1n) is 17.8. The van der Waals surface area contributed by atoms with E-state index in [4.69, 9.17) is 9.47 Å². The molecular formula is C35H53N5O5. The van der Waals surface area contributed by atoms with Gasteiger partial charge in [0.1, 0.15) is 5.69 Å². The van der Waals surface area contributed by atoms with Crippen LogP contribution in [0.2, 0.25) is 0 Å². The van der Waals surface area contributed by atoms with Crippen molar-refractivity contribution in [3.05, 3.63) is 23.9 Å². The third kappa shape index (κ3) is 8.76. The second-order valence-corrected chi connectivity index (χ2v) is 14.2. The Labute approximate surface area is 268 Å². The van der Waals surface area contributed by atoms with Crippen molar-refractivity contribution in [3.8, 4) is 5.88 Å². The van der Waals surface area contributed by atoms with Crippen LogP contribution in [0.4, 0.5) is 0 Å². The van der Waals surface area contributed by atoms with Crippen LogP contribution in [0, 0.1) is 29.6 Å². The number of likely N-dealkylation sites (tertiary alicyclic amines) is 1. The lowest BCUT2D eigenvalue weighted by Crippen LogP contribution is -2.48. The number of hydrogen-bond donors (Lipinski definition) is 1. The topological polar surface area (TPSA) is 104 Å². The number of fused-ring (bicyclic) bond motifs is 5. The largest absolute Gasteiger partial charge is 0.478 e. The van der Waals surface area contributed by atoms with Gasteiger partial charge in [-0.3, -0.25) is 14.4 Å². The normalized spacial score (nSPS) is 29.7. The Hall–Kier alpha value is -2.72. The van der Waals surface area contributed by atoms with Crippen molar-refractivity contribution < 1.29 is 23.9 Å².